The summed E-state index contributed by atoms with van der Waals surface area (Å²) in [5.41, 5.74) is 0.0409. The van der Waals surface area contributed by atoms with Gasteiger partial charge in [0.05, 0.1) is 10.6 Å². The molecule has 0 spiro atoms. The second-order valence-electron chi connectivity index (χ2n) is 4.20. The van der Waals surface area contributed by atoms with Gasteiger partial charge in [0.25, 0.3) is 0 Å². The van der Waals surface area contributed by atoms with Gasteiger partial charge < -0.3 is 0 Å². The Morgan fingerprint density at radius 3 is 2.55 bits per heavy atom. The normalized spacial score (nSPS) is 18.4. The van der Waals surface area contributed by atoms with E-state index in [1.807, 2.05) is 0 Å². The van der Waals surface area contributed by atoms with Crippen molar-refractivity contribution in [3.63, 3.8) is 0 Å². The summed E-state index contributed by atoms with van der Waals surface area (Å²) >= 11 is 1.49. The van der Waals surface area contributed by atoms with Crippen LogP contribution in [0.25, 0.3) is 0 Å². The molecule has 0 aromatic heterocycles. The maximum atomic E-state index is 12.2. The molecule has 0 amide bonds. The molecular weight excluding hydrogens is 324 g/mol. The second kappa shape index (κ2) is 7.33. The van der Waals surface area contributed by atoms with Gasteiger partial charge >= 0.3 is 0 Å². The summed E-state index contributed by atoms with van der Waals surface area (Å²) in [4.78, 5) is 0.109. The maximum Gasteiger partial charge on any atom is 0.242 e. The van der Waals surface area contributed by atoms with Gasteiger partial charge in [-0.2, -0.15) is 25.5 Å². The lowest BCUT2D eigenvalue weighted by molar-refractivity contribution is 0.568. The fourth-order valence-corrected chi connectivity index (χ4v) is 3.96. The molecule has 1 saturated heterocycles. The van der Waals surface area contributed by atoms with Crippen LogP contribution in [0.15, 0.2) is 39.4 Å². The summed E-state index contributed by atoms with van der Waals surface area (Å²) < 4.78 is 26.9. The number of rotatable bonds is 5. The van der Waals surface area contributed by atoms with E-state index in [1.165, 1.54) is 36.0 Å². The molecular formula is C12H12N6O2S2. The van der Waals surface area contributed by atoms with E-state index in [0.29, 0.717) is 5.69 Å². The monoisotopic (exact) mass is 336 g/mol. The van der Waals surface area contributed by atoms with Crippen LogP contribution in [0.5, 0.6) is 0 Å². The van der Waals surface area contributed by atoms with Crippen molar-refractivity contribution in [1.29, 1.82) is 10.5 Å². The molecule has 8 nitrogen and oxygen atoms in total. The summed E-state index contributed by atoms with van der Waals surface area (Å²) in [7, 11) is -3.61. The van der Waals surface area contributed by atoms with E-state index >= 15 is 0 Å². The summed E-state index contributed by atoms with van der Waals surface area (Å²) in [6.45, 7) is 0.760. The minimum absolute atomic E-state index is 0.109. The van der Waals surface area contributed by atoms with E-state index in [4.69, 9.17) is 10.5 Å². The van der Waals surface area contributed by atoms with Gasteiger partial charge in [-0.25, -0.2) is 8.42 Å². The third-order valence-electron chi connectivity index (χ3n) is 2.66. The van der Waals surface area contributed by atoms with Crippen LogP contribution in [0.4, 0.5) is 5.69 Å². The Kier molecular flexibility index (Phi) is 5.46. The molecule has 114 valence electrons. The highest BCUT2D eigenvalue weighted by Crippen LogP contribution is 2.19. The predicted molar refractivity (Wildman–Crippen MR) is 80.5 cm³/mol. The zero-order chi connectivity index (χ0) is 16.0. The highest BCUT2D eigenvalue weighted by molar-refractivity contribution is 8.01. The maximum absolute atomic E-state index is 12.2. The number of nitrogens with one attached hydrogen (secondary N) is 2. The molecule has 2 rings (SSSR count). The molecule has 0 saturated carbocycles. The average molecular weight is 336 g/mol. The minimum atomic E-state index is -3.61. The van der Waals surface area contributed by atoms with Crippen LogP contribution in [0.3, 0.4) is 0 Å². The highest BCUT2D eigenvalue weighted by Gasteiger charge is 2.22. The van der Waals surface area contributed by atoms with Crippen LogP contribution in [0.1, 0.15) is 0 Å². The smallest absolute Gasteiger partial charge is 0.242 e. The van der Waals surface area contributed by atoms with E-state index < -0.39 is 16.1 Å². The van der Waals surface area contributed by atoms with Crippen molar-refractivity contribution in [3.8, 4) is 12.1 Å². The van der Waals surface area contributed by atoms with Crippen molar-refractivity contribution in [2.24, 2.45) is 10.2 Å². The predicted octanol–water partition coefficient (Wildman–Crippen LogP) is 1.08. The van der Waals surface area contributed by atoms with Gasteiger partial charge in [0.2, 0.25) is 16.1 Å². The molecule has 1 aliphatic rings. The molecule has 10 heteroatoms. The van der Waals surface area contributed by atoms with Crippen molar-refractivity contribution in [2.75, 3.05) is 12.3 Å². The Balaban J connectivity index is 2.08. The molecule has 0 unspecified atom stereocenters. The highest BCUT2D eigenvalue weighted by atomic mass is 32.2. The van der Waals surface area contributed by atoms with Gasteiger partial charge in [0.1, 0.15) is 17.6 Å². The van der Waals surface area contributed by atoms with Crippen LogP contribution in [-0.4, -0.2) is 32.3 Å². The summed E-state index contributed by atoms with van der Waals surface area (Å²) in [5, 5.41) is 27.4. The van der Waals surface area contributed by atoms with Crippen molar-refractivity contribution >= 4 is 27.5 Å². The largest absolute Gasteiger partial charge is 0.292 e. The first-order chi connectivity index (χ1) is 10.5. The SMILES string of the molecule is N#CC(C#N)N=Nc1ccc(S(=O)(=O)N[C@@H]2NCCS2)cc1. The van der Waals surface area contributed by atoms with Crippen molar-refractivity contribution < 1.29 is 8.42 Å². The van der Waals surface area contributed by atoms with Gasteiger partial charge in [-0.3, -0.25) is 5.32 Å². The number of nitriles is 2. The summed E-state index contributed by atoms with van der Waals surface area (Å²) in [6, 6.07) is 7.85. The van der Waals surface area contributed by atoms with E-state index in [0.717, 1.165) is 12.3 Å². The average Bonchev–Trinajstić information content (AvgIpc) is 3.01. The second-order valence-corrected chi connectivity index (χ2v) is 7.12. The zero-order valence-corrected chi connectivity index (χ0v) is 12.9. The Hall–Kier alpha value is -1.98. The zero-order valence-electron chi connectivity index (χ0n) is 11.3. The van der Waals surface area contributed by atoms with Gasteiger partial charge in [-0.15, -0.1) is 11.8 Å². The van der Waals surface area contributed by atoms with Gasteiger partial charge in [0, 0.05) is 12.3 Å². The quantitative estimate of drug-likeness (QED) is 0.774. The number of hydrogen-bond donors (Lipinski definition) is 2. The van der Waals surface area contributed by atoms with Gasteiger partial charge in [-0.05, 0) is 24.3 Å². The lowest BCUT2D eigenvalue weighted by Gasteiger charge is -2.12. The van der Waals surface area contributed by atoms with Crippen LogP contribution in [0.2, 0.25) is 0 Å². The van der Waals surface area contributed by atoms with Gasteiger partial charge in [-0.1, -0.05) is 0 Å². The number of azo groups is 1. The van der Waals surface area contributed by atoms with Crippen LogP contribution >= 0.6 is 11.8 Å². The molecule has 1 fully saturated rings. The van der Waals surface area contributed by atoms with Crippen molar-refractivity contribution in [1.82, 2.24) is 10.0 Å². The molecule has 1 aromatic rings. The molecule has 22 heavy (non-hydrogen) atoms. The first kappa shape index (κ1) is 16.4. The molecule has 0 radical (unpaired) electrons. The van der Waals surface area contributed by atoms with Crippen LogP contribution in [-0.2, 0) is 10.0 Å². The summed E-state index contributed by atoms with van der Waals surface area (Å²) in [5.74, 6) is 0.853. The third kappa shape index (κ3) is 4.26. The standard InChI is InChI=1S/C12H12N6O2S2/c13-7-10(8-14)17-16-9-1-3-11(4-2-9)22(19,20)18-12-15-5-6-21-12/h1-4,10,12,15,18H,5-6H2/t12-/m0/s1. The number of thioether (sulfide) groups is 1. The molecule has 0 aliphatic carbocycles. The Morgan fingerprint density at radius 1 is 1.32 bits per heavy atom. The van der Waals surface area contributed by atoms with Crippen molar-refractivity contribution in [2.45, 2.75) is 16.4 Å². The Morgan fingerprint density at radius 2 is 2.00 bits per heavy atom. The number of hydrogen-bond acceptors (Lipinski definition) is 8. The first-order valence-electron chi connectivity index (χ1n) is 6.22. The number of benzene rings is 1. The van der Waals surface area contributed by atoms with Gasteiger partial charge in [0.15, 0.2) is 0 Å². The fraction of sp³-hybridized carbons (Fsp3) is 0.333. The van der Waals surface area contributed by atoms with E-state index in [9.17, 15) is 8.42 Å². The van der Waals surface area contributed by atoms with Crippen molar-refractivity contribution in [3.05, 3.63) is 24.3 Å². The lowest BCUT2D eigenvalue weighted by Crippen LogP contribution is -2.39. The molecule has 1 aliphatic heterocycles. The molecule has 1 atom stereocenters. The lowest BCUT2D eigenvalue weighted by atomic mass is 10.3. The number of sulfonamides is 1. The third-order valence-corrected chi connectivity index (χ3v) is 5.30. The van der Waals surface area contributed by atoms with E-state index in [2.05, 4.69) is 20.3 Å². The Labute approximate surface area is 132 Å². The van der Waals surface area contributed by atoms with Crippen LogP contribution < -0.4 is 10.0 Å². The molecule has 1 aromatic carbocycles. The fourth-order valence-electron chi connectivity index (χ4n) is 1.61. The van der Waals surface area contributed by atoms with E-state index in [1.54, 1.807) is 12.1 Å². The van der Waals surface area contributed by atoms with Crippen LogP contribution in [0, 0.1) is 22.7 Å². The summed E-state index contributed by atoms with van der Waals surface area (Å²) in [6.07, 6.45) is 0. The topological polar surface area (TPSA) is 130 Å². The number of nitrogens with zero attached hydrogens (tertiary/aromatic N) is 4. The molecule has 1 heterocycles. The van der Waals surface area contributed by atoms with E-state index in [-0.39, 0.29) is 10.4 Å². The first-order valence-corrected chi connectivity index (χ1v) is 8.76. The minimum Gasteiger partial charge on any atom is -0.292 e. The molecule has 2 N–H and O–H groups in total. The molecule has 0 bridgehead atoms. The Bertz CT molecular complexity index is 712.